The van der Waals surface area contributed by atoms with Crippen LogP contribution in [0.4, 0.5) is 8.78 Å². The van der Waals surface area contributed by atoms with Crippen LogP contribution in [0.1, 0.15) is 29.6 Å². The van der Waals surface area contributed by atoms with E-state index in [4.69, 9.17) is 4.74 Å². The molecule has 0 aromatic heterocycles. The molecule has 0 spiro atoms. The lowest BCUT2D eigenvalue weighted by Gasteiger charge is -2.28. The Hall–Kier alpha value is -1.60. The highest BCUT2D eigenvalue weighted by molar-refractivity contribution is 5.95. The second kappa shape index (κ2) is 7.98. The van der Waals surface area contributed by atoms with Crippen molar-refractivity contribution in [3.63, 3.8) is 0 Å². The van der Waals surface area contributed by atoms with E-state index in [-0.39, 0.29) is 41.9 Å². The van der Waals surface area contributed by atoms with Gasteiger partial charge in [0.2, 0.25) is 0 Å². The van der Waals surface area contributed by atoms with Crippen LogP contribution in [0, 0.1) is 0 Å². The lowest BCUT2D eigenvalue weighted by Crippen LogP contribution is -2.42. The summed E-state index contributed by atoms with van der Waals surface area (Å²) in [7, 11) is 1.36. The van der Waals surface area contributed by atoms with Crippen molar-refractivity contribution in [2.75, 3.05) is 20.2 Å². The molecule has 2 aliphatic rings. The minimum Gasteiger partial charge on any atom is -0.493 e. The van der Waals surface area contributed by atoms with Gasteiger partial charge in [0.1, 0.15) is 0 Å². The van der Waals surface area contributed by atoms with E-state index in [2.05, 4.69) is 10.1 Å². The van der Waals surface area contributed by atoms with Crippen LogP contribution in [-0.4, -0.2) is 49.7 Å². The maximum absolute atomic E-state index is 12.9. The van der Waals surface area contributed by atoms with E-state index in [1.54, 1.807) is 0 Å². The average molecular weight is 363 g/mol. The number of methoxy groups -OCH3 is 1. The number of amides is 1. The first-order valence-electron chi connectivity index (χ1n) is 7.76. The second-order valence-corrected chi connectivity index (χ2v) is 5.83. The first-order valence-corrected chi connectivity index (χ1v) is 7.76. The number of fused-ring (bicyclic) bond motifs is 2. The van der Waals surface area contributed by atoms with Gasteiger partial charge in [-0.05, 0) is 44.0 Å². The van der Waals surface area contributed by atoms with Crippen LogP contribution >= 0.6 is 12.4 Å². The largest absolute Gasteiger partial charge is 0.493 e. The van der Waals surface area contributed by atoms with Gasteiger partial charge in [-0.3, -0.25) is 4.79 Å². The Balaban J connectivity index is 0.00000208. The third-order valence-electron chi connectivity index (χ3n) is 4.52. The van der Waals surface area contributed by atoms with Gasteiger partial charge < -0.3 is 19.7 Å². The molecule has 0 aliphatic carbocycles. The number of halogens is 3. The lowest BCUT2D eigenvalue weighted by molar-refractivity contribution is -0.0512. The van der Waals surface area contributed by atoms with Crippen molar-refractivity contribution in [3.05, 3.63) is 23.8 Å². The molecule has 2 atom stereocenters. The van der Waals surface area contributed by atoms with Crippen molar-refractivity contribution in [2.45, 2.75) is 38.0 Å². The number of alkyl halides is 2. The van der Waals surface area contributed by atoms with Gasteiger partial charge >= 0.3 is 6.61 Å². The molecule has 1 aromatic rings. The molecule has 134 valence electrons. The van der Waals surface area contributed by atoms with Crippen LogP contribution in [0.25, 0.3) is 0 Å². The molecule has 2 fully saturated rings. The predicted octanol–water partition coefficient (Wildman–Crippen LogP) is 2.68. The van der Waals surface area contributed by atoms with Crippen molar-refractivity contribution < 1.29 is 23.0 Å². The van der Waals surface area contributed by atoms with E-state index < -0.39 is 6.61 Å². The van der Waals surface area contributed by atoms with Crippen molar-refractivity contribution in [1.29, 1.82) is 0 Å². The number of nitrogens with one attached hydrogen (secondary N) is 1. The number of hydrogen-bond acceptors (Lipinski definition) is 4. The first kappa shape index (κ1) is 18.7. The van der Waals surface area contributed by atoms with E-state index in [1.165, 1.54) is 25.3 Å². The Labute approximate surface area is 145 Å². The molecule has 2 unspecified atom stereocenters. The van der Waals surface area contributed by atoms with E-state index >= 15 is 0 Å². The summed E-state index contributed by atoms with van der Waals surface area (Å²) in [5.74, 6) is -0.0147. The molecular formula is C16H21ClF2N2O3. The number of rotatable bonds is 4. The van der Waals surface area contributed by atoms with Gasteiger partial charge in [-0.25, -0.2) is 0 Å². The fourth-order valence-electron chi connectivity index (χ4n) is 3.46. The summed E-state index contributed by atoms with van der Waals surface area (Å²) in [4.78, 5) is 14.8. The highest BCUT2D eigenvalue weighted by Crippen LogP contribution is 2.33. The molecule has 1 amide bonds. The quantitative estimate of drug-likeness (QED) is 0.894. The van der Waals surface area contributed by atoms with Crippen LogP contribution in [-0.2, 0) is 0 Å². The third-order valence-corrected chi connectivity index (χ3v) is 4.52. The second-order valence-electron chi connectivity index (χ2n) is 5.83. The zero-order chi connectivity index (χ0) is 16.4. The van der Waals surface area contributed by atoms with Crippen LogP contribution in [0.15, 0.2) is 18.2 Å². The number of benzene rings is 1. The molecule has 1 N–H and O–H groups in total. The summed E-state index contributed by atoms with van der Waals surface area (Å²) in [6.45, 7) is -1.22. The molecule has 2 aliphatic heterocycles. The number of carbonyl (C=O) groups is 1. The maximum atomic E-state index is 12.9. The number of hydrogen-bond donors (Lipinski definition) is 1. The molecule has 2 heterocycles. The Morgan fingerprint density at radius 1 is 1.25 bits per heavy atom. The van der Waals surface area contributed by atoms with Gasteiger partial charge in [-0.1, -0.05) is 0 Å². The highest BCUT2D eigenvalue weighted by Gasteiger charge is 2.38. The SMILES string of the molecule is COc1cc(C(=O)N2C3CCNCC2CC3)ccc1OC(F)F.Cl. The topological polar surface area (TPSA) is 50.8 Å². The summed E-state index contributed by atoms with van der Waals surface area (Å²) < 4.78 is 34.2. The summed E-state index contributed by atoms with van der Waals surface area (Å²) in [5, 5.41) is 3.35. The number of nitrogens with zero attached hydrogens (tertiary/aromatic N) is 1. The minimum absolute atomic E-state index is 0. The summed E-state index contributed by atoms with van der Waals surface area (Å²) in [6.07, 6.45) is 2.95. The summed E-state index contributed by atoms with van der Waals surface area (Å²) in [6, 6.07) is 4.78. The van der Waals surface area contributed by atoms with Gasteiger partial charge in [0.25, 0.3) is 5.91 Å². The Kier molecular flexibility index (Phi) is 6.23. The number of carbonyl (C=O) groups excluding carboxylic acids is 1. The van der Waals surface area contributed by atoms with Gasteiger partial charge in [-0.2, -0.15) is 8.78 Å². The molecule has 2 bridgehead atoms. The molecule has 1 aromatic carbocycles. The zero-order valence-electron chi connectivity index (χ0n) is 13.3. The monoisotopic (exact) mass is 362 g/mol. The van der Waals surface area contributed by atoms with Gasteiger partial charge in [0.05, 0.1) is 7.11 Å². The van der Waals surface area contributed by atoms with Gasteiger partial charge in [-0.15, -0.1) is 12.4 Å². The zero-order valence-corrected chi connectivity index (χ0v) is 14.2. The van der Waals surface area contributed by atoms with Crippen molar-refractivity contribution >= 4 is 18.3 Å². The molecule has 0 saturated carbocycles. The number of ether oxygens (including phenoxy) is 2. The average Bonchev–Trinajstić information content (AvgIpc) is 2.79. The summed E-state index contributed by atoms with van der Waals surface area (Å²) >= 11 is 0. The fraction of sp³-hybridized carbons (Fsp3) is 0.562. The molecule has 5 nitrogen and oxygen atoms in total. The first-order chi connectivity index (χ1) is 11.1. The van der Waals surface area contributed by atoms with Crippen LogP contribution in [0.3, 0.4) is 0 Å². The Bertz CT molecular complexity index is 574. The van der Waals surface area contributed by atoms with Crippen molar-refractivity contribution in [3.8, 4) is 11.5 Å². The van der Waals surface area contributed by atoms with Crippen LogP contribution in [0.5, 0.6) is 11.5 Å². The minimum atomic E-state index is -2.93. The normalized spacial score (nSPS) is 22.8. The van der Waals surface area contributed by atoms with Gasteiger partial charge in [0, 0.05) is 24.2 Å². The smallest absolute Gasteiger partial charge is 0.387 e. The molecule has 24 heavy (non-hydrogen) atoms. The Morgan fingerprint density at radius 2 is 2.00 bits per heavy atom. The van der Waals surface area contributed by atoms with Crippen molar-refractivity contribution in [1.82, 2.24) is 10.2 Å². The highest BCUT2D eigenvalue weighted by atomic mass is 35.5. The molecule has 2 saturated heterocycles. The van der Waals surface area contributed by atoms with Gasteiger partial charge in [0.15, 0.2) is 11.5 Å². The standard InChI is InChI=1S/C16H20F2N2O3.ClH/c1-22-14-8-10(2-5-13(14)23-16(17)18)15(21)20-11-3-4-12(20)9-19-7-6-11;/h2,5,8,11-12,16,19H,3-4,6-7,9H2,1H3;1H. The van der Waals surface area contributed by atoms with E-state index in [1.807, 2.05) is 4.90 Å². The van der Waals surface area contributed by atoms with E-state index in [9.17, 15) is 13.6 Å². The van der Waals surface area contributed by atoms with E-state index in [0.29, 0.717) is 5.56 Å². The molecule has 8 heteroatoms. The Morgan fingerprint density at radius 3 is 2.71 bits per heavy atom. The van der Waals surface area contributed by atoms with Crippen molar-refractivity contribution in [2.24, 2.45) is 0 Å². The van der Waals surface area contributed by atoms with E-state index in [0.717, 1.165) is 32.4 Å². The molecule has 3 rings (SSSR count). The molecular weight excluding hydrogens is 342 g/mol. The third kappa shape index (κ3) is 3.72. The maximum Gasteiger partial charge on any atom is 0.387 e. The fourth-order valence-corrected chi connectivity index (χ4v) is 3.46. The summed E-state index contributed by atoms with van der Waals surface area (Å²) in [5.41, 5.74) is 0.433. The predicted molar refractivity (Wildman–Crippen MR) is 87.3 cm³/mol. The molecule has 0 radical (unpaired) electrons. The lowest BCUT2D eigenvalue weighted by atomic mass is 10.1. The van der Waals surface area contributed by atoms with Crippen LogP contribution in [0.2, 0.25) is 0 Å². The van der Waals surface area contributed by atoms with Crippen LogP contribution < -0.4 is 14.8 Å².